The summed E-state index contributed by atoms with van der Waals surface area (Å²) < 4.78 is 25.8. The molecule has 4 rings (SSSR count). The van der Waals surface area contributed by atoms with Crippen molar-refractivity contribution >= 4 is 17.7 Å². The Morgan fingerprint density at radius 1 is 1.31 bits per heavy atom. The molecular weight excluding hydrogens is 339 g/mol. The fourth-order valence-electron chi connectivity index (χ4n) is 4.22. The molecule has 3 atom stereocenters. The molecule has 1 aromatic rings. The lowest BCUT2D eigenvalue weighted by Gasteiger charge is -2.29. The number of rotatable bonds is 4. The number of carbonyl (C=O) groups is 2. The van der Waals surface area contributed by atoms with Gasteiger partial charge in [0.1, 0.15) is 11.9 Å². The predicted molar refractivity (Wildman–Crippen MR) is 92.6 cm³/mol. The molecule has 1 N–H and O–H groups in total. The van der Waals surface area contributed by atoms with Crippen LogP contribution in [0.4, 0.5) is 14.9 Å². The molecule has 3 heterocycles. The van der Waals surface area contributed by atoms with Gasteiger partial charge in [0.2, 0.25) is 5.91 Å². The number of hydrogen-bond donors (Lipinski definition) is 1. The summed E-state index contributed by atoms with van der Waals surface area (Å²) in [6, 6.07) is 4.97. The molecule has 6 nitrogen and oxygen atoms in total. The molecule has 0 aliphatic carbocycles. The first-order valence-electron chi connectivity index (χ1n) is 9.17. The van der Waals surface area contributed by atoms with Crippen LogP contribution < -0.4 is 10.2 Å². The van der Waals surface area contributed by atoms with Gasteiger partial charge < -0.3 is 14.8 Å². The van der Waals surface area contributed by atoms with Gasteiger partial charge in [-0.3, -0.25) is 9.69 Å². The van der Waals surface area contributed by atoms with Crippen molar-refractivity contribution in [2.75, 3.05) is 18.0 Å². The maximum absolute atomic E-state index is 14.8. The third-order valence-corrected chi connectivity index (χ3v) is 5.48. The molecule has 0 radical (unpaired) electrons. The molecule has 3 aliphatic heterocycles. The second-order valence-electron chi connectivity index (χ2n) is 7.39. The van der Waals surface area contributed by atoms with Gasteiger partial charge in [-0.05, 0) is 49.3 Å². The highest BCUT2D eigenvalue weighted by atomic mass is 19.1. The Morgan fingerprint density at radius 3 is 2.69 bits per heavy atom. The van der Waals surface area contributed by atoms with Crippen LogP contribution in [0.2, 0.25) is 0 Å². The van der Waals surface area contributed by atoms with Crippen LogP contribution in [0.3, 0.4) is 0 Å². The average Bonchev–Trinajstić information content (AvgIpc) is 3.14. The van der Waals surface area contributed by atoms with E-state index in [0.29, 0.717) is 17.8 Å². The zero-order valence-corrected chi connectivity index (χ0v) is 14.7. The quantitative estimate of drug-likeness (QED) is 0.894. The summed E-state index contributed by atoms with van der Waals surface area (Å²) in [5, 5.41) is 2.63. The van der Waals surface area contributed by atoms with Gasteiger partial charge in [-0.2, -0.15) is 0 Å². The second-order valence-corrected chi connectivity index (χ2v) is 7.39. The largest absolute Gasteiger partial charge is 0.442 e. The summed E-state index contributed by atoms with van der Waals surface area (Å²) in [6.45, 7) is 1.95. The molecule has 7 heteroatoms. The highest BCUT2D eigenvalue weighted by Gasteiger charge is 2.37. The number of ether oxygens (including phenoxy) is 2. The molecule has 3 aliphatic rings. The highest BCUT2D eigenvalue weighted by molar-refractivity contribution is 5.89. The number of halogens is 1. The summed E-state index contributed by atoms with van der Waals surface area (Å²) >= 11 is 0. The van der Waals surface area contributed by atoms with Gasteiger partial charge in [0.05, 0.1) is 31.0 Å². The average molecular weight is 362 g/mol. The first-order chi connectivity index (χ1) is 12.5. The van der Waals surface area contributed by atoms with Crippen molar-refractivity contribution in [1.82, 2.24) is 5.32 Å². The number of carbonyl (C=O) groups excluding carboxylic acids is 2. The molecular formula is C19H23FN2O4. The number of benzene rings is 1. The lowest BCUT2D eigenvalue weighted by molar-refractivity contribution is -0.119. The number of cyclic esters (lactones) is 1. The normalized spacial score (nSPS) is 30.4. The Kier molecular flexibility index (Phi) is 4.56. The van der Waals surface area contributed by atoms with Crippen molar-refractivity contribution in [1.29, 1.82) is 0 Å². The first kappa shape index (κ1) is 17.3. The maximum atomic E-state index is 14.8. The molecule has 26 heavy (non-hydrogen) atoms. The topological polar surface area (TPSA) is 67.9 Å². The molecule has 140 valence electrons. The van der Waals surface area contributed by atoms with Crippen LogP contribution in [0.5, 0.6) is 0 Å². The Morgan fingerprint density at radius 2 is 2.04 bits per heavy atom. The van der Waals surface area contributed by atoms with Crippen LogP contribution in [-0.4, -0.2) is 43.4 Å². The molecule has 2 bridgehead atoms. The number of amides is 2. The number of anilines is 1. The summed E-state index contributed by atoms with van der Waals surface area (Å²) in [6.07, 6.45) is 3.40. The van der Waals surface area contributed by atoms with Crippen LogP contribution in [0, 0.1) is 5.82 Å². The molecule has 2 unspecified atom stereocenters. The second kappa shape index (κ2) is 6.87. The van der Waals surface area contributed by atoms with Crippen LogP contribution in [0.1, 0.15) is 44.1 Å². The Bertz CT molecular complexity index is 713. The van der Waals surface area contributed by atoms with Crippen molar-refractivity contribution in [3.63, 3.8) is 0 Å². The van der Waals surface area contributed by atoms with Gasteiger partial charge >= 0.3 is 6.09 Å². The van der Waals surface area contributed by atoms with Gasteiger partial charge in [0.15, 0.2) is 0 Å². The van der Waals surface area contributed by atoms with E-state index in [1.165, 1.54) is 17.9 Å². The number of hydrogen-bond acceptors (Lipinski definition) is 4. The zero-order valence-electron chi connectivity index (χ0n) is 14.7. The minimum Gasteiger partial charge on any atom is -0.442 e. The highest BCUT2D eigenvalue weighted by Crippen LogP contribution is 2.42. The molecule has 0 spiro atoms. The summed E-state index contributed by atoms with van der Waals surface area (Å²) in [5.41, 5.74) is 1.19. The van der Waals surface area contributed by atoms with Crippen LogP contribution in [0.15, 0.2) is 18.2 Å². The molecule has 0 saturated carbocycles. The van der Waals surface area contributed by atoms with Crippen molar-refractivity contribution in [3.8, 4) is 0 Å². The van der Waals surface area contributed by atoms with Crippen LogP contribution >= 0.6 is 0 Å². The molecule has 0 aromatic heterocycles. The van der Waals surface area contributed by atoms with E-state index in [9.17, 15) is 14.0 Å². The van der Waals surface area contributed by atoms with Crippen molar-refractivity contribution < 1.29 is 23.5 Å². The van der Waals surface area contributed by atoms with E-state index in [4.69, 9.17) is 9.47 Å². The van der Waals surface area contributed by atoms with E-state index in [-0.39, 0.29) is 36.4 Å². The fraction of sp³-hybridized carbons (Fsp3) is 0.579. The van der Waals surface area contributed by atoms with E-state index in [1.54, 1.807) is 12.1 Å². The smallest absolute Gasteiger partial charge is 0.414 e. The SMILES string of the molecule is CC(=O)NC[C@H]1CN(c2ccc(C3CC4CCC(C3)O4)c(F)c2)C(=O)O1. The molecule has 3 fully saturated rings. The third kappa shape index (κ3) is 3.40. The van der Waals surface area contributed by atoms with Crippen molar-refractivity contribution in [2.24, 2.45) is 0 Å². The van der Waals surface area contributed by atoms with E-state index in [1.807, 2.05) is 0 Å². The third-order valence-electron chi connectivity index (χ3n) is 5.48. The molecule has 3 saturated heterocycles. The lowest BCUT2D eigenvalue weighted by Crippen LogP contribution is -2.33. The Labute approximate surface area is 151 Å². The number of nitrogens with one attached hydrogen (secondary N) is 1. The van der Waals surface area contributed by atoms with Crippen molar-refractivity contribution in [2.45, 2.75) is 56.8 Å². The Balaban J connectivity index is 1.46. The standard InChI is InChI=1S/C19H23FN2O4/c1-11(23)21-9-16-10-22(19(24)26-16)13-2-5-17(18(20)8-13)12-6-14-3-4-15(7-12)25-14/h2,5,8,12,14-16H,3-4,6-7,9-10H2,1H3,(H,21,23)/t12?,14?,15?,16-/m0/s1. The first-order valence-corrected chi connectivity index (χ1v) is 9.17. The molecule has 2 amide bonds. The number of fused-ring (bicyclic) bond motifs is 2. The summed E-state index contributed by atoms with van der Waals surface area (Å²) in [4.78, 5) is 24.5. The summed E-state index contributed by atoms with van der Waals surface area (Å²) in [5.74, 6) is -0.291. The van der Waals surface area contributed by atoms with Crippen LogP contribution in [-0.2, 0) is 14.3 Å². The van der Waals surface area contributed by atoms with E-state index >= 15 is 0 Å². The van der Waals surface area contributed by atoms with Gasteiger partial charge in [-0.15, -0.1) is 0 Å². The molecule has 1 aromatic carbocycles. The van der Waals surface area contributed by atoms with Gasteiger partial charge in [-0.1, -0.05) is 6.07 Å². The van der Waals surface area contributed by atoms with E-state index in [2.05, 4.69) is 5.32 Å². The number of nitrogens with zero attached hydrogens (tertiary/aromatic N) is 1. The minimum atomic E-state index is -0.517. The van der Waals surface area contributed by atoms with Gasteiger partial charge in [0, 0.05) is 6.92 Å². The zero-order chi connectivity index (χ0) is 18.3. The van der Waals surface area contributed by atoms with Crippen molar-refractivity contribution in [3.05, 3.63) is 29.6 Å². The fourth-order valence-corrected chi connectivity index (χ4v) is 4.22. The minimum absolute atomic E-state index is 0.174. The van der Waals surface area contributed by atoms with Gasteiger partial charge in [0.25, 0.3) is 0 Å². The van der Waals surface area contributed by atoms with Crippen LogP contribution in [0.25, 0.3) is 0 Å². The monoisotopic (exact) mass is 362 g/mol. The predicted octanol–water partition coefficient (Wildman–Crippen LogP) is 2.71. The van der Waals surface area contributed by atoms with E-state index in [0.717, 1.165) is 25.7 Å². The van der Waals surface area contributed by atoms with E-state index < -0.39 is 12.2 Å². The maximum Gasteiger partial charge on any atom is 0.414 e. The Hall–Kier alpha value is -2.15. The lowest BCUT2D eigenvalue weighted by atomic mass is 9.88. The van der Waals surface area contributed by atoms with Gasteiger partial charge in [-0.25, -0.2) is 9.18 Å². The summed E-state index contributed by atoms with van der Waals surface area (Å²) in [7, 11) is 0.